The number of aryl methyl sites for hydroxylation is 2. The van der Waals surface area contributed by atoms with Crippen molar-refractivity contribution >= 4 is 11.6 Å². The zero-order valence-electron chi connectivity index (χ0n) is 13.2. The molecule has 3 aromatic rings. The van der Waals surface area contributed by atoms with Gasteiger partial charge in [-0.2, -0.15) is 0 Å². The second-order valence-electron chi connectivity index (χ2n) is 6.15. The minimum absolute atomic E-state index is 0.267. The molecule has 2 heteroatoms. The monoisotopic (exact) mass is 314 g/mol. The second kappa shape index (κ2) is 5.89. The Morgan fingerprint density at radius 2 is 1.33 bits per heavy atom. The van der Waals surface area contributed by atoms with Gasteiger partial charge in [0.15, 0.2) is 0 Å². The van der Waals surface area contributed by atoms with Gasteiger partial charge in [-0.3, -0.25) is 0 Å². The first-order chi connectivity index (χ1) is 11.7. The molecule has 1 aliphatic carbocycles. The van der Waals surface area contributed by atoms with E-state index in [2.05, 4.69) is 30.3 Å². The summed E-state index contributed by atoms with van der Waals surface area (Å²) in [5, 5.41) is 19.4. The molecule has 0 amide bonds. The van der Waals surface area contributed by atoms with Crippen LogP contribution in [-0.4, -0.2) is 10.2 Å². The maximum absolute atomic E-state index is 9.86. The molecule has 0 radical (unpaired) electrons. The van der Waals surface area contributed by atoms with E-state index in [1.807, 2.05) is 24.3 Å². The summed E-state index contributed by atoms with van der Waals surface area (Å²) < 4.78 is 0. The molecule has 0 aromatic heterocycles. The average Bonchev–Trinajstić information content (AvgIpc) is 2.74. The molecule has 24 heavy (non-hydrogen) atoms. The number of rotatable bonds is 1. The molecule has 0 aliphatic heterocycles. The Labute approximate surface area is 141 Å². The Bertz CT molecular complexity index is 921. The number of hydrogen-bond acceptors (Lipinski definition) is 2. The highest BCUT2D eigenvalue weighted by atomic mass is 16.3. The maximum Gasteiger partial charge on any atom is 0.115 e. The van der Waals surface area contributed by atoms with Crippen molar-refractivity contribution in [3.05, 3.63) is 94.5 Å². The first-order valence-corrected chi connectivity index (χ1v) is 8.12. The lowest BCUT2D eigenvalue weighted by Crippen LogP contribution is -1.92. The summed E-state index contributed by atoms with van der Waals surface area (Å²) in [4.78, 5) is 0. The number of hydrogen-bond donors (Lipinski definition) is 2. The Balaban J connectivity index is 1.95. The molecule has 118 valence electrons. The molecule has 0 bridgehead atoms. The predicted molar refractivity (Wildman–Crippen MR) is 97.0 cm³/mol. The SMILES string of the molecule is Oc1ccc(C=C2c3ccccc3CCc3cc(O)ccc32)cc1. The molecule has 0 atom stereocenters. The van der Waals surface area contributed by atoms with E-state index in [1.165, 1.54) is 11.1 Å². The fraction of sp³-hybridized carbons (Fsp3) is 0.0909. The van der Waals surface area contributed by atoms with Crippen LogP contribution in [0.2, 0.25) is 0 Å². The third kappa shape index (κ3) is 2.67. The van der Waals surface area contributed by atoms with E-state index < -0.39 is 0 Å². The van der Waals surface area contributed by atoms with Gasteiger partial charge in [-0.25, -0.2) is 0 Å². The van der Waals surface area contributed by atoms with Crippen molar-refractivity contribution in [2.45, 2.75) is 12.8 Å². The Kier molecular flexibility index (Phi) is 3.58. The van der Waals surface area contributed by atoms with Crippen LogP contribution in [0.3, 0.4) is 0 Å². The molecular weight excluding hydrogens is 296 g/mol. The van der Waals surface area contributed by atoms with Crippen LogP contribution in [0.4, 0.5) is 0 Å². The van der Waals surface area contributed by atoms with E-state index in [-0.39, 0.29) is 5.75 Å². The number of aromatic hydroxyl groups is 2. The highest BCUT2D eigenvalue weighted by Gasteiger charge is 2.18. The van der Waals surface area contributed by atoms with Crippen LogP contribution < -0.4 is 0 Å². The largest absolute Gasteiger partial charge is 0.508 e. The first kappa shape index (κ1) is 14.6. The van der Waals surface area contributed by atoms with Gasteiger partial charge in [0.1, 0.15) is 11.5 Å². The normalized spacial score (nSPS) is 14.8. The number of phenolic OH excluding ortho intramolecular Hbond substituents is 2. The predicted octanol–water partition coefficient (Wildman–Crippen LogP) is 4.79. The summed E-state index contributed by atoms with van der Waals surface area (Å²) in [7, 11) is 0. The molecule has 0 fully saturated rings. The summed E-state index contributed by atoms with van der Waals surface area (Å²) in [6.07, 6.45) is 4.02. The van der Waals surface area contributed by atoms with Crippen molar-refractivity contribution < 1.29 is 10.2 Å². The van der Waals surface area contributed by atoms with Gasteiger partial charge in [-0.15, -0.1) is 0 Å². The van der Waals surface area contributed by atoms with Gasteiger partial charge >= 0.3 is 0 Å². The lowest BCUT2D eigenvalue weighted by Gasteiger charge is -2.12. The summed E-state index contributed by atoms with van der Waals surface area (Å²) in [5.74, 6) is 0.576. The lowest BCUT2D eigenvalue weighted by atomic mass is 9.92. The van der Waals surface area contributed by atoms with Crippen molar-refractivity contribution in [2.75, 3.05) is 0 Å². The van der Waals surface area contributed by atoms with Crippen molar-refractivity contribution in [2.24, 2.45) is 0 Å². The molecule has 0 spiro atoms. The van der Waals surface area contributed by atoms with Crippen molar-refractivity contribution in [1.29, 1.82) is 0 Å². The number of benzene rings is 3. The standard InChI is InChI=1S/C22H18O2/c23-18-9-5-15(6-10-18)13-22-20-4-2-1-3-16(20)7-8-17-14-19(24)11-12-21(17)22/h1-6,9-14,23-24H,7-8H2. The molecule has 2 nitrogen and oxygen atoms in total. The van der Waals surface area contributed by atoms with Crippen molar-refractivity contribution in [1.82, 2.24) is 0 Å². The van der Waals surface area contributed by atoms with Crippen molar-refractivity contribution in [3.63, 3.8) is 0 Å². The lowest BCUT2D eigenvalue weighted by molar-refractivity contribution is 0.474. The van der Waals surface area contributed by atoms with E-state index >= 15 is 0 Å². The van der Waals surface area contributed by atoms with Gasteiger partial charge < -0.3 is 10.2 Å². The third-order valence-electron chi connectivity index (χ3n) is 4.55. The first-order valence-electron chi connectivity index (χ1n) is 8.12. The smallest absolute Gasteiger partial charge is 0.115 e. The molecule has 1 aliphatic rings. The summed E-state index contributed by atoms with van der Waals surface area (Å²) >= 11 is 0. The van der Waals surface area contributed by atoms with Crippen LogP contribution in [0.25, 0.3) is 11.6 Å². The quantitative estimate of drug-likeness (QED) is 0.678. The molecule has 0 saturated heterocycles. The zero-order chi connectivity index (χ0) is 16.5. The summed E-state index contributed by atoms with van der Waals surface area (Å²) in [6, 6.07) is 21.3. The van der Waals surface area contributed by atoms with Crippen LogP contribution in [0.15, 0.2) is 66.7 Å². The summed E-state index contributed by atoms with van der Waals surface area (Å²) in [5.41, 5.74) is 7.07. The summed E-state index contributed by atoms with van der Waals surface area (Å²) in [6.45, 7) is 0. The average molecular weight is 314 g/mol. The molecule has 0 unspecified atom stereocenters. The van der Waals surface area contributed by atoms with E-state index in [9.17, 15) is 10.2 Å². The highest BCUT2D eigenvalue weighted by molar-refractivity contribution is 5.94. The van der Waals surface area contributed by atoms with Gasteiger partial charge in [0.25, 0.3) is 0 Å². The second-order valence-corrected chi connectivity index (χ2v) is 6.15. The minimum Gasteiger partial charge on any atom is -0.508 e. The minimum atomic E-state index is 0.267. The Morgan fingerprint density at radius 3 is 2.17 bits per heavy atom. The van der Waals surface area contributed by atoms with E-state index in [1.54, 1.807) is 18.2 Å². The highest BCUT2D eigenvalue weighted by Crippen LogP contribution is 2.36. The fourth-order valence-corrected chi connectivity index (χ4v) is 3.36. The topological polar surface area (TPSA) is 40.5 Å². The van der Waals surface area contributed by atoms with Gasteiger partial charge in [-0.1, -0.05) is 42.5 Å². The van der Waals surface area contributed by atoms with E-state index in [4.69, 9.17) is 0 Å². The molecule has 0 heterocycles. The van der Waals surface area contributed by atoms with E-state index in [0.717, 1.165) is 35.1 Å². The maximum atomic E-state index is 9.86. The van der Waals surface area contributed by atoms with Crippen molar-refractivity contribution in [3.8, 4) is 11.5 Å². The van der Waals surface area contributed by atoms with E-state index in [0.29, 0.717) is 5.75 Å². The number of fused-ring (bicyclic) bond motifs is 2. The molecular formula is C22H18O2. The molecule has 2 N–H and O–H groups in total. The van der Waals surface area contributed by atoms with Gasteiger partial charge in [0, 0.05) is 0 Å². The number of phenols is 2. The van der Waals surface area contributed by atoms with Crippen LogP contribution >= 0.6 is 0 Å². The van der Waals surface area contributed by atoms with Gasteiger partial charge in [-0.05, 0) is 76.6 Å². The van der Waals surface area contributed by atoms with Crippen LogP contribution in [0, 0.1) is 0 Å². The van der Waals surface area contributed by atoms with Gasteiger partial charge in [0.05, 0.1) is 0 Å². The third-order valence-corrected chi connectivity index (χ3v) is 4.55. The van der Waals surface area contributed by atoms with Crippen LogP contribution in [0.1, 0.15) is 27.8 Å². The van der Waals surface area contributed by atoms with Crippen LogP contribution in [0.5, 0.6) is 11.5 Å². The fourth-order valence-electron chi connectivity index (χ4n) is 3.36. The Hall–Kier alpha value is -3.00. The molecule has 3 aromatic carbocycles. The van der Waals surface area contributed by atoms with Crippen LogP contribution in [-0.2, 0) is 12.8 Å². The Morgan fingerprint density at radius 1 is 0.667 bits per heavy atom. The van der Waals surface area contributed by atoms with Gasteiger partial charge in [0.2, 0.25) is 0 Å². The molecule has 4 rings (SSSR count). The molecule has 0 saturated carbocycles. The zero-order valence-corrected chi connectivity index (χ0v) is 13.2.